The normalized spacial score (nSPS) is 29.5. The Morgan fingerprint density at radius 3 is 2.67 bits per heavy atom. The molecule has 1 heteroatoms. The molecule has 1 aliphatic carbocycles. The van der Waals surface area contributed by atoms with Gasteiger partial charge in [0, 0.05) is 0 Å². The Morgan fingerprint density at radius 2 is 2.08 bits per heavy atom. The molecule has 0 radical (unpaired) electrons. The second-order valence-electron chi connectivity index (χ2n) is 4.38. The van der Waals surface area contributed by atoms with Gasteiger partial charge in [0.25, 0.3) is 0 Å². The first-order chi connectivity index (χ1) is 5.83. The summed E-state index contributed by atoms with van der Waals surface area (Å²) in [6.45, 7) is 3.59. The molecule has 2 atom stereocenters. The molecule has 0 aromatic heterocycles. The van der Waals surface area contributed by atoms with Crippen LogP contribution < -0.4 is 5.32 Å². The van der Waals surface area contributed by atoms with Crippen LogP contribution in [0.2, 0.25) is 0 Å². The van der Waals surface area contributed by atoms with Crippen molar-refractivity contribution in [2.75, 3.05) is 13.6 Å². The summed E-state index contributed by atoms with van der Waals surface area (Å²) >= 11 is 0. The number of hydrogen-bond donors (Lipinski definition) is 1. The van der Waals surface area contributed by atoms with Crippen LogP contribution in [0, 0.1) is 11.8 Å². The summed E-state index contributed by atoms with van der Waals surface area (Å²) in [5.74, 6) is 2.08. The Bertz CT molecular complexity index is 112. The summed E-state index contributed by atoms with van der Waals surface area (Å²) in [6.07, 6.45) is 8.75. The van der Waals surface area contributed by atoms with E-state index >= 15 is 0 Å². The minimum absolute atomic E-state index is 1.01. The van der Waals surface area contributed by atoms with E-state index in [2.05, 4.69) is 12.2 Å². The maximum absolute atomic E-state index is 3.20. The lowest BCUT2D eigenvalue weighted by atomic mass is 9.99. The highest BCUT2D eigenvalue weighted by molar-refractivity contribution is 4.72. The zero-order valence-corrected chi connectivity index (χ0v) is 8.60. The zero-order chi connectivity index (χ0) is 8.81. The van der Waals surface area contributed by atoms with E-state index in [1.807, 2.05) is 7.05 Å². The molecule has 1 N–H and O–H groups in total. The van der Waals surface area contributed by atoms with E-state index in [9.17, 15) is 0 Å². The van der Waals surface area contributed by atoms with Crippen molar-refractivity contribution in [2.24, 2.45) is 11.8 Å². The van der Waals surface area contributed by atoms with E-state index in [-0.39, 0.29) is 0 Å². The smallest absolute Gasteiger partial charge is 0.00519 e. The fraction of sp³-hybridized carbons (Fsp3) is 1.00. The van der Waals surface area contributed by atoms with Crippen molar-refractivity contribution in [3.8, 4) is 0 Å². The molecule has 0 aliphatic heterocycles. The van der Waals surface area contributed by atoms with Gasteiger partial charge in [-0.2, -0.15) is 0 Å². The van der Waals surface area contributed by atoms with Crippen LogP contribution in [0.1, 0.15) is 45.4 Å². The standard InChI is InChI=1S/C11H23N/c1-10-6-7-11(9-10)5-3-4-8-12-2/h10-12H,3-9H2,1-2H3. The molecule has 0 spiro atoms. The number of unbranched alkanes of at least 4 members (excludes halogenated alkanes) is 1. The summed E-state index contributed by atoms with van der Waals surface area (Å²) in [4.78, 5) is 0. The molecule has 12 heavy (non-hydrogen) atoms. The lowest BCUT2D eigenvalue weighted by molar-refractivity contribution is 0.453. The van der Waals surface area contributed by atoms with Gasteiger partial charge >= 0.3 is 0 Å². The van der Waals surface area contributed by atoms with E-state index in [0.29, 0.717) is 0 Å². The van der Waals surface area contributed by atoms with Gasteiger partial charge in [0.15, 0.2) is 0 Å². The summed E-state index contributed by atoms with van der Waals surface area (Å²) in [5.41, 5.74) is 0. The fourth-order valence-corrected chi connectivity index (χ4v) is 2.32. The molecule has 1 rings (SSSR count). The maximum atomic E-state index is 3.20. The highest BCUT2D eigenvalue weighted by atomic mass is 14.8. The highest BCUT2D eigenvalue weighted by Crippen LogP contribution is 2.33. The number of rotatable bonds is 5. The second-order valence-corrected chi connectivity index (χ2v) is 4.38. The van der Waals surface area contributed by atoms with E-state index < -0.39 is 0 Å². The van der Waals surface area contributed by atoms with Gasteiger partial charge < -0.3 is 5.32 Å². The van der Waals surface area contributed by atoms with E-state index in [1.54, 1.807) is 0 Å². The van der Waals surface area contributed by atoms with Crippen molar-refractivity contribution in [2.45, 2.75) is 45.4 Å². The Labute approximate surface area is 76.9 Å². The van der Waals surface area contributed by atoms with Gasteiger partial charge in [-0.25, -0.2) is 0 Å². The Balaban J connectivity index is 1.93. The minimum Gasteiger partial charge on any atom is -0.320 e. The fourth-order valence-electron chi connectivity index (χ4n) is 2.32. The van der Waals surface area contributed by atoms with Crippen LogP contribution in [0.5, 0.6) is 0 Å². The second kappa shape index (κ2) is 5.58. The third-order valence-corrected chi connectivity index (χ3v) is 3.09. The topological polar surface area (TPSA) is 12.0 Å². The molecular formula is C11H23N. The van der Waals surface area contributed by atoms with Crippen LogP contribution in [0.4, 0.5) is 0 Å². The van der Waals surface area contributed by atoms with Crippen molar-refractivity contribution >= 4 is 0 Å². The molecular weight excluding hydrogens is 146 g/mol. The van der Waals surface area contributed by atoms with E-state index in [4.69, 9.17) is 0 Å². The average Bonchev–Trinajstić information content (AvgIpc) is 2.45. The largest absolute Gasteiger partial charge is 0.320 e. The Morgan fingerprint density at radius 1 is 1.25 bits per heavy atom. The van der Waals surface area contributed by atoms with E-state index in [0.717, 1.165) is 11.8 Å². The summed E-state index contributed by atoms with van der Waals surface area (Å²) in [5, 5.41) is 3.20. The van der Waals surface area contributed by atoms with Gasteiger partial charge in [-0.05, 0) is 38.3 Å². The Kier molecular flexibility index (Phi) is 4.67. The number of hydrogen-bond acceptors (Lipinski definition) is 1. The first-order valence-electron chi connectivity index (χ1n) is 5.47. The molecule has 0 bridgehead atoms. The van der Waals surface area contributed by atoms with Crippen molar-refractivity contribution in [3.63, 3.8) is 0 Å². The SMILES string of the molecule is CNCCCCC1CCC(C)C1. The monoisotopic (exact) mass is 169 g/mol. The summed E-state index contributed by atoms with van der Waals surface area (Å²) in [6, 6.07) is 0. The highest BCUT2D eigenvalue weighted by Gasteiger charge is 2.20. The van der Waals surface area contributed by atoms with Crippen LogP contribution in [0.3, 0.4) is 0 Å². The predicted octanol–water partition coefficient (Wildman–Crippen LogP) is 2.81. The first-order valence-corrected chi connectivity index (χ1v) is 5.47. The molecule has 0 aromatic rings. The lowest BCUT2D eigenvalue weighted by Crippen LogP contribution is -2.07. The van der Waals surface area contributed by atoms with Crippen LogP contribution in [-0.4, -0.2) is 13.6 Å². The third kappa shape index (κ3) is 3.57. The molecule has 1 aliphatic rings. The molecule has 1 fully saturated rings. The number of nitrogens with one attached hydrogen (secondary N) is 1. The lowest BCUT2D eigenvalue weighted by Gasteiger charge is -2.08. The third-order valence-electron chi connectivity index (χ3n) is 3.09. The van der Waals surface area contributed by atoms with Crippen molar-refractivity contribution in [3.05, 3.63) is 0 Å². The molecule has 2 unspecified atom stereocenters. The zero-order valence-electron chi connectivity index (χ0n) is 8.60. The molecule has 72 valence electrons. The molecule has 0 amide bonds. The van der Waals surface area contributed by atoms with Crippen molar-refractivity contribution in [1.29, 1.82) is 0 Å². The van der Waals surface area contributed by atoms with Crippen molar-refractivity contribution < 1.29 is 0 Å². The predicted molar refractivity (Wildman–Crippen MR) is 54.3 cm³/mol. The summed E-state index contributed by atoms with van der Waals surface area (Å²) < 4.78 is 0. The van der Waals surface area contributed by atoms with Gasteiger partial charge in [-0.1, -0.05) is 32.6 Å². The van der Waals surface area contributed by atoms with Crippen LogP contribution in [0.15, 0.2) is 0 Å². The van der Waals surface area contributed by atoms with Gasteiger partial charge in [-0.15, -0.1) is 0 Å². The van der Waals surface area contributed by atoms with Crippen molar-refractivity contribution in [1.82, 2.24) is 5.32 Å². The molecule has 1 saturated carbocycles. The van der Waals surface area contributed by atoms with Gasteiger partial charge in [0.05, 0.1) is 0 Å². The summed E-state index contributed by atoms with van der Waals surface area (Å²) in [7, 11) is 2.04. The van der Waals surface area contributed by atoms with Crippen LogP contribution >= 0.6 is 0 Å². The van der Waals surface area contributed by atoms with Gasteiger partial charge in [-0.3, -0.25) is 0 Å². The molecule has 0 aromatic carbocycles. The quantitative estimate of drug-likeness (QED) is 0.624. The Hall–Kier alpha value is -0.0400. The van der Waals surface area contributed by atoms with Gasteiger partial charge in [0.1, 0.15) is 0 Å². The minimum atomic E-state index is 1.01. The molecule has 0 heterocycles. The van der Waals surface area contributed by atoms with Crippen LogP contribution in [0.25, 0.3) is 0 Å². The molecule has 0 saturated heterocycles. The maximum Gasteiger partial charge on any atom is -0.00519 e. The van der Waals surface area contributed by atoms with Crippen LogP contribution in [-0.2, 0) is 0 Å². The average molecular weight is 169 g/mol. The first kappa shape index (κ1) is 10.0. The van der Waals surface area contributed by atoms with Gasteiger partial charge in [0.2, 0.25) is 0 Å². The van der Waals surface area contributed by atoms with E-state index in [1.165, 1.54) is 45.1 Å². The molecule has 1 nitrogen and oxygen atoms in total.